The fourth-order valence-corrected chi connectivity index (χ4v) is 4.55. The van der Waals surface area contributed by atoms with Gasteiger partial charge < -0.3 is 25.9 Å². The lowest BCUT2D eigenvalue weighted by Crippen LogP contribution is -2.51. The number of alkyl halides is 3. The summed E-state index contributed by atoms with van der Waals surface area (Å²) < 4.78 is 76.8. The van der Waals surface area contributed by atoms with Crippen molar-refractivity contribution in [1.82, 2.24) is 15.3 Å². The minimum Gasteiger partial charge on any atom is -0.489 e. The van der Waals surface area contributed by atoms with Gasteiger partial charge in [0.05, 0.1) is 23.3 Å². The highest BCUT2D eigenvalue weighted by Crippen LogP contribution is 2.47. The second kappa shape index (κ2) is 9.30. The zero-order valence-electron chi connectivity index (χ0n) is 20.7. The van der Waals surface area contributed by atoms with Crippen LogP contribution in [0.3, 0.4) is 0 Å². The number of fused-ring (bicyclic) bond motifs is 2. The summed E-state index contributed by atoms with van der Waals surface area (Å²) in [6.45, 7) is -0.337. The van der Waals surface area contributed by atoms with Crippen LogP contribution in [0.15, 0.2) is 54.7 Å². The molecule has 1 aliphatic heterocycles. The van der Waals surface area contributed by atoms with Gasteiger partial charge in [-0.1, -0.05) is 0 Å². The maximum absolute atomic E-state index is 14.5. The number of rotatable bonds is 6. The van der Waals surface area contributed by atoms with Gasteiger partial charge >= 0.3 is 6.18 Å². The zero-order chi connectivity index (χ0) is 29.0. The van der Waals surface area contributed by atoms with Crippen LogP contribution in [0.25, 0.3) is 22.2 Å². The van der Waals surface area contributed by atoms with Crippen LogP contribution in [-0.4, -0.2) is 46.2 Å². The number of carbonyl (C=O) groups excluding carboxylic acids is 2. The van der Waals surface area contributed by atoms with Crippen LogP contribution in [0.4, 0.5) is 22.0 Å². The Morgan fingerprint density at radius 2 is 1.85 bits per heavy atom. The van der Waals surface area contributed by atoms with E-state index in [1.165, 1.54) is 31.3 Å². The van der Waals surface area contributed by atoms with Crippen LogP contribution in [0, 0.1) is 11.6 Å². The van der Waals surface area contributed by atoms with Crippen molar-refractivity contribution >= 4 is 22.7 Å². The van der Waals surface area contributed by atoms with Crippen LogP contribution in [0.5, 0.6) is 5.75 Å². The molecule has 0 radical (unpaired) electrons. The number of aromatic nitrogens is 2. The molecule has 0 saturated heterocycles. The molecule has 1 aliphatic rings. The average Bonchev–Trinajstić information content (AvgIpc) is 3.53. The molecule has 2 amide bonds. The van der Waals surface area contributed by atoms with E-state index in [4.69, 9.17) is 10.5 Å². The lowest BCUT2D eigenvalue weighted by molar-refractivity contribution is -0.265. The third kappa shape index (κ3) is 4.22. The number of hydrogen-bond donors (Lipinski definition) is 4. The summed E-state index contributed by atoms with van der Waals surface area (Å²) >= 11 is 0. The van der Waals surface area contributed by atoms with Gasteiger partial charge in [0.15, 0.2) is 0 Å². The molecule has 2 aromatic heterocycles. The second-order valence-corrected chi connectivity index (χ2v) is 9.63. The van der Waals surface area contributed by atoms with Crippen molar-refractivity contribution in [3.05, 3.63) is 83.2 Å². The van der Waals surface area contributed by atoms with Gasteiger partial charge in [-0.2, -0.15) is 13.2 Å². The highest BCUT2D eigenvalue weighted by atomic mass is 19.4. The van der Waals surface area contributed by atoms with E-state index in [0.717, 1.165) is 30.3 Å². The summed E-state index contributed by atoms with van der Waals surface area (Å²) in [5.41, 5.74) is -0.973. The number of primary amides is 1. The Morgan fingerprint density at radius 1 is 1.15 bits per heavy atom. The number of halogens is 5. The predicted molar refractivity (Wildman–Crippen MR) is 132 cm³/mol. The number of nitrogens with zero attached hydrogens (tertiary/aromatic N) is 1. The number of ether oxygens (including phenoxy) is 1. The Hall–Kier alpha value is -4.52. The molecule has 0 fully saturated rings. The zero-order valence-corrected chi connectivity index (χ0v) is 20.7. The van der Waals surface area contributed by atoms with Gasteiger partial charge in [0.2, 0.25) is 11.5 Å². The molecule has 0 saturated carbocycles. The molecule has 0 bridgehead atoms. The van der Waals surface area contributed by atoms with E-state index in [9.17, 15) is 36.6 Å². The second-order valence-electron chi connectivity index (χ2n) is 9.63. The molecule has 2 atom stereocenters. The maximum atomic E-state index is 14.5. The first kappa shape index (κ1) is 27.1. The third-order valence-electron chi connectivity index (χ3n) is 7.05. The van der Waals surface area contributed by atoms with Gasteiger partial charge in [-0.05, 0) is 55.5 Å². The monoisotopic (exact) mass is 560 g/mol. The summed E-state index contributed by atoms with van der Waals surface area (Å²) in [5.74, 6) is -3.24. The molecule has 2 aromatic carbocycles. The van der Waals surface area contributed by atoms with E-state index in [-0.39, 0.29) is 45.6 Å². The number of benzene rings is 2. The molecule has 4 aromatic rings. The summed E-state index contributed by atoms with van der Waals surface area (Å²) in [7, 11) is 0. The first-order valence-electron chi connectivity index (χ1n) is 11.8. The van der Waals surface area contributed by atoms with Crippen LogP contribution < -0.4 is 15.8 Å². The number of nitrogens with two attached hydrogens (primary N) is 1. The van der Waals surface area contributed by atoms with Gasteiger partial charge in [-0.3, -0.25) is 9.59 Å². The molecular weight excluding hydrogens is 539 g/mol. The SMILES string of the molecule is C[C@]1(C(N)=O)COc2c1cc([C@@](O)(CNC(=O)c1ccc(F)c3cc[nH]c13)C(F)(F)F)nc2-c1ccc(F)cc1. The predicted octanol–water partition coefficient (Wildman–Crippen LogP) is 3.82. The van der Waals surface area contributed by atoms with E-state index < -0.39 is 52.9 Å². The number of carbonyl (C=O) groups is 2. The van der Waals surface area contributed by atoms with Crippen molar-refractivity contribution in [2.45, 2.75) is 24.1 Å². The van der Waals surface area contributed by atoms with Crippen molar-refractivity contribution in [3.8, 4) is 17.0 Å². The molecule has 3 heterocycles. The number of aliphatic hydroxyl groups is 1. The Bertz CT molecular complexity index is 1650. The molecule has 208 valence electrons. The van der Waals surface area contributed by atoms with Crippen molar-refractivity contribution in [1.29, 1.82) is 0 Å². The van der Waals surface area contributed by atoms with Crippen LogP contribution >= 0.6 is 0 Å². The first-order valence-corrected chi connectivity index (χ1v) is 11.8. The van der Waals surface area contributed by atoms with E-state index in [1.54, 1.807) is 0 Å². The first-order chi connectivity index (χ1) is 18.8. The van der Waals surface area contributed by atoms with Gasteiger partial charge in [-0.15, -0.1) is 0 Å². The minimum atomic E-state index is -5.38. The fourth-order valence-electron chi connectivity index (χ4n) is 4.55. The lowest BCUT2D eigenvalue weighted by atomic mass is 9.81. The molecule has 13 heteroatoms. The summed E-state index contributed by atoms with van der Waals surface area (Å²) in [6, 6.07) is 8.90. The van der Waals surface area contributed by atoms with Gasteiger partial charge in [0, 0.05) is 22.7 Å². The molecule has 40 heavy (non-hydrogen) atoms. The van der Waals surface area contributed by atoms with Crippen LogP contribution in [0.1, 0.15) is 28.5 Å². The van der Waals surface area contributed by atoms with Crippen molar-refractivity contribution in [2.24, 2.45) is 5.73 Å². The summed E-state index contributed by atoms with van der Waals surface area (Å²) in [5, 5.41) is 13.2. The van der Waals surface area contributed by atoms with Gasteiger partial charge in [0.25, 0.3) is 5.91 Å². The molecular formula is C27H21F5N4O4. The minimum absolute atomic E-state index is 0.0497. The molecule has 5 rings (SSSR count). The topological polar surface area (TPSA) is 130 Å². The van der Waals surface area contributed by atoms with Crippen molar-refractivity contribution in [3.63, 3.8) is 0 Å². The third-order valence-corrected chi connectivity index (χ3v) is 7.05. The van der Waals surface area contributed by atoms with Crippen LogP contribution in [-0.2, 0) is 15.8 Å². The Kier molecular flexibility index (Phi) is 6.29. The normalized spacial score (nSPS) is 18.2. The van der Waals surface area contributed by atoms with Gasteiger partial charge in [0.1, 0.15) is 35.1 Å². The number of nitrogens with one attached hydrogen (secondary N) is 2. The quantitative estimate of drug-likeness (QED) is 0.267. The Labute approximate surface area is 223 Å². The average molecular weight is 560 g/mol. The molecule has 0 unspecified atom stereocenters. The highest BCUT2D eigenvalue weighted by molar-refractivity contribution is 6.05. The summed E-state index contributed by atoms with van der Waals surface area (Å²) in [4.78, 5) is 31.9. The van der Waals surface area contributed by atoms with E-state index >= 15 is 0 Å². The van der Waals surface area contributed by atoms with E-state index in [2.05, 4.69) is 15.3 Å². The smallest absolute Gasteiger partial charge is 0.424 e. The maximum Gasteiger partial charge on any atom is 0.424 e. The van der Waals surface area contributed by atoms with Gasteiger partial charge in [-0.25, -0.2) is 13.8 Å². The Morgan fingerprint density at radius 3 is 2.50 bits per heavy atom. The number of H-pyrrole nitrogens is 1. The number of amides is 2. The van der Waals surface area contributed by atoms with E-state index in [0.29, 0.717) is 0 Å². The molecule has 0 spiro atoms. The number of aromatic amines is 1. The molecule has 0 aliphatic carbocycles. The molecule has 8 nitrogen and oxygen atoms in total. The fraction of sp³-hybridized carbons (Fsp3) is 0.222. The largest absolute Gasteiger partial charge is 0.489 e. The van der Waals surface area contributed by atoms with E-state index in [1.807, 2.05) is 0 Å². The lowest BCUT2D eigenvalue weighted by Gasteiger charge is -2.31. The number of pyridine rings is 1. The highest BCUT2D eigenvalue weighted by Gasteiger charge is 2.57. The molecule has 5 N–H and O–H groups in total. The Balaban J connectivity index is 1.61. The van der Waals surface area contributed by atoms with Crippen molar-refractivity contribution < 1.29 is 41.4 Å². The number of hydrogen-bond acceptors (Lipinski definition) is 5. The summed E-state index contributed by atoms with van der Waals surface area (Å²) in [6.07, 6.45) is -4.02. The van der Waals surface area contributed by atoms with Crippen LogP contribution in [0.2, 0.25) is 0 Å². The van der Waals surface area contributed by atoms with Crippen molar-refractivity contribution in [2.75, 3.05) is 13.2 Å². The standard InChI is InChI=1S/C27H21F5N4O4/c1-25(24(33)38)12-40-22-17(25)10-19(36-20(22)13-2-4-14(28)5-3-13)26(39,27(30,31)32)11-35-23(37)16-6-7-18(29)15-8-9-34-21(15)16/h2-10,34,39H,11-12H2,1H3,(H2,33,38)(H,35,37)/t25-,26-/m0/s1.